The van der Waals surface area contributed by atoms with Crippen LogP contribution in [0.25, 0.3) is 0 Å². The van der Waals surface area contributed by atoms with Gasteiger partial charge in [0.2, 0.25) is 5.91 Å². The van der Waals surface area contributed by atoms with Gasteiger partial charge in [-0.2, -0.15) is 0 Å². The van der Waals surface area contributed by atoms with Gasteiger partial charge in [0, 0.05) is 25.7 Å². The molecule has 1 heterocycles. The summed E-state index contributed by atoms with van der Waals surface area (Å²) in [5.41, 5.74) is 0.638. The van der Waals surface area contributed by atoms with Crippen molar-refractivity contribution in [3.63, 3.8) is 0 Å². The molecule has 3 heteroatoms. The van der Waals surface area contributed by atoms with Crippen molar-refractivity contribution in [3.05, 3.63) is 35.9 Å². The number of piperazine rings is 1. The number of carbonyl (C=O) groups is 1. The second-order valence-electron chi connectivity index (χ2n) is 5.60. The van der Waals surface area contributed by atoms with Gasteiger partial charge < -0.3 is 10.2 Å². The SMILES string of the molecule is CC1CN(C(=O)C(C)(C)c2ccccc2)CCN1. The number of hydrogen-bond donors (Lipinski definition) is 1. The first-order valence-electron chi connectivity index (χ1n) is 6.60. The summed E-state index contributed by atoms with van der Waals surface area (Å²) in [6, 6.07) is 10.4. The summed E-state index contributed by atoms with van der Waals surface area (Å²) in [4.78, 5) is 14.6. The van der Waals surface area contributed by atoms with Crippen LogP contribution in [0.3, 0.4) is 0 Å². The molecule has 98 valence electrons. The van der Waals surface area contributed by atoms with E-state index < -0.39 is 5.41 Å². The highest BCUT2D eigenvalue weighted by molar-refractivity contribution is 5.87. The van der Waals surface area contributed by atoms with Crippen molar-refractivity contribution in [3.8, 4) is 0 Å². The lowest BCUT2D eigenvalue weighted by Crippen LogP contribution is -2.55. The van der Waals surface area contributed by atoms with Crippen molar-refractivity contribution >= 4 is 5.91 Å². The molecule has 18 heavy (non-hydrogen) atoms. The zero-order valence-corrected chi connectivity index (χ0v) is 11.4. The van der Waals surface area contributed by atoms with Gasteiger partial charge >= 0.3 is 0 Å². The number of carbonyl (C=O) groups excluding carboxylic acids is 1. The summed E-state index contributed by atoms with van der Waals surface area (Å²) in [5, 5.41) is 3.36. The Morgan fingerprint density at radius 3 is 2.61 bits per heavy atom. The molecule has 0 aromatic heterocycles. The van der Waals surface area contributed by atoms with Crippen molar-refractivity contribution in [1.82, 2.24) is 10.2 Å². The minimum atomic E-state index is -0.446. The van der Waals surface area contributed by atoms with Crippen LogP contribution in [0.15, 0.2) is 30.3 Å². The Morgan fingerprint density at radius 1 is 1.33 bits per heavy atom. The molecule has 1 saturated heterocycles. The third-order valence-corrected chi connectivity index (χ3v) is 3.69. The number of amides is 1. The van der Waals surface area contributed by atoms with Crippen LogP contribution in [-0.2, 0) is 10.2 Å². The quantitative estimate of drug-likeness (QED) is 0.863. The molecule has 0 saturated carbocycles. The second kappa shape index (κ2) is 5.11. The highest BCUT2D eigenvalue weighted by atomic mass is 16.2. The largest absolute Gasteiger partial charge is 0.339 e. The molecule has 1 atom stereocenters. The van der Waals surface area contributed by atoms with Crippen LogP contribution in [0.2, 0.25) is 0 Å². The summed E-state index contributed by atoms with van der Waals surface area (Å²) in [6.45, 7) is 8.63. The Bertz CT molecular complexity index is 414. The van der Waals surface area contributed by atoms with E-state index in [-0.39, 0.29) is 5.91 Å². The Kier molecular flexibility index (Phi) is 3.71. The van der Waals surface area contributed by atoms with Crippen molar-refractivity contribution < 1.29 is 4.79 Å². The number of benzene rings is 1. The van der Waals surface area contributed by atoms with Gasteiger partial charge in [0.25, 0.3) is 0 Å². The molecular weight excluding hydrogens is 224 g/mol. The Hall–Kier alpha value is -1.35. The highest BCUT2D eigenvalue weighted by Crippen LogP contribution is 2.25. The van der Waals surface area contributed by atoms with E-state index in [0.717, 1.165) is 25.2 Å². The van der Waals surface area contributed by atoms with Gasteiger partial charge in [-0.3, -0.25) is 4.79 Å². The van der Waals surface area contributed by atoms with Crippen molar-refractivity contribution in [2.45, 2.75) is 32.2 Å². The smallest absolute Gasteiger partial charge is 0.232 e. The van der Waals surface area contributed by atoms with E-state index in [1.54, 1.807) is 0 Å². The molecule has 1 amide bonds. The minimum absolute atomic E-state index is 0.224. The van der Waals surface area contributed by atoms with Gasteiger partial charge in [-0.25, -0.2) is 0 Å². The third kappa shape index (κ3) is 2.56. The molecule has 0 aliphatic carbocycles. The summed E-state index contributed by atoms with van der Waals surface area (Å²) < 4.78 is 0. The number of nitrogens with one attached hydrogen (secondary N) is 1. The van der Waals surface area contributed by atoms with E-state index in [9.17, 15) is 4.79 Å². The first kappa shape index (κ1) is 13.1. The maximum absolute atomic E-state index is 12.7. The molecular formula is C15H22N2O. The van der Waals surface area contributed by atoms with Gasteiger partial charge in [-0.1, -0.05) is 30.3 Å². The predicted molar refractivity (Wildman–Crippen MR) is 73.5 cm³/mol. The van der Waals surface area contributed by atoms with E-state index in [4.69, 9.17) is 0 Å². The number of nitrogens with zero attached hydrogens (tertiary/aromatic N) is 1. The Morgan fingerprint density at radius 2 is 2.00 bits per heavy atom. The summed E-state index contributed by atoms with van der Waals surface area (Å²) in [5.74, 6) is 0.224. The lowest BCUT2D eigenvalue weighted by Gasteiger charge is -2.37. The molecule has 0 radical (unpaired) electrons. The lowest BCUT2D eigenvalue weighted by molar-refractivity contribution is -0.137. The summed E-state index contributed by atoms with van der Waals surface area (Å²) in [7, 11) is 0. The van der Waals surface area contributed by atoms with Crippen LogP contribution in [0.4, 0.5) is 0 Å². The molecule has 0 bridgehead atoms. The van der Waals surface area contributed by atoms with Crippen LogP contribution < -0.4 is 5.32 Å². The maximum Gasteiger partial charge on any atom is 0.232 e. The standard InChI is InChI=1S/C15H22N2O/c1-12-11-17(10-9-16-12)14(18)15(2,3)13-7-5-4-6-8-13/h4-8,12,16H,9-11H2,1-3H3. The fraction of sp³-hybridized carbons (Fsp3) is 0.533. The molecule has 0 spiro atoms. The van der Waals surface area contributed by atoms with Crippen LogP contribution in [0, 0.1) is 0 Å². The van der Waals surface area contributed by atoms with E-state index in [0.29, 0.717) is 6.04 Å². The second-order valence-corrected chi connectivity index (χ2v) is 5.60. The van der Waals surface area contributed by atoms with E-state index >= 15 is 0 Å². The molecule has 1 N–H and O–H groups in total. The molecule has 3 nitrogen and oxygen atoms in total. The fourth-order valence-corrected chi connectivity index (χ4v) is 2.49. The average molecular weight is 246 g/mol. The van der Waals surface area contributed by atoms with E-state index in [1.165, 1.54) is 0 Å². The molecule has 2 rings (SSSR count). The van der Waals surface area contributed by atoms with Crippen LogP contribution in [0.5, 0.6) is 0 Å². The van der Waals surface area contributed by atoms with E-state index in [1.807, 2.05) is 49.1 Å². The molecule has 1 aliphatic heterocycles. The van der Waals surface area contributed by atoms with Crippen LogP contribution in [0.1, 0.15) is 26.3 Å². The van der Waals surface area contributed by atoms with Crippen LogP contribution in [-0.4, -0.2) is 36.5 Å². The average Bonchev–Trinajstić information content (AvgIpc) is 2.39. The zero-order chi connectivity index (χ0) is 13.2. The lowest BCUT2D eigenvalue weighted by atomic mass is 9.83. The number of rotatable bonds is 2. The van der Waals surface area contributed by atoms with Crippen molar-refractivity contribution in [1.29, 1.82) is 0 Å². The fourth-order valence-electron chi connectivity index (χ4n) is 2.49. The summed E-state index contributed by atoms with van der Waals surface area (Å²) in [6.07, 6.45) is 0. The molecule has 1 aromatic carbocycles. The Labute approximate surface area is 109 Å². The maximum atomic E-state index is 12.7. The molecule has 1 fully saturated rings. The Balaban J connectivity index is 2.17. The molecule has 1 aromatic rings. The van der Waals surface area contributed by atoms with Crippen molar-refractivity contribution in [2.75, 3.05) is 19.6 Å². The van der Waals surface area contributed by atoms with Gasteiger partial charge in [0.05, 0.1) is 5.41 Å². The highest BCUT2D eigenvalue weighted by Gasteiger charge is 2.34. The van der Waals surface area contributed by atoms with Gasteiger partial charge in [0.1, 0.15) is 0 Å². The number of hydrogen-bond acceptors (Lipinski definition) is 2. The normalized spacial score (nSPS) is 20.8. The van der Waals surface area contributed by atoms with E-state index in [2.05, 4.69) is 12.2 Å². The molecule has 1 aliphatic rings. The van der Waals surface area contributed by atoms with Gasteiger partial charge in [0.15, 0.2) is 0 Å². The first-order chi connectivity index (χ1) is 8.51. The molecule has 1 unspecified atom stereocenters. The predicted octanol–water partition coefficient (Wildman–Crippen LogP) is 1.78. The van der Waals surface area contributed by atoms with Crippen LogP contribution >= 0.6 is 0 Å². The monoisotopic (exact) mass is 246 g/mol. The van der Waals surface area contributed by atoms with Crippen molar-refractivity contribution in [2.24, 2.45) is 0 Å². The first-order valence-corrected chi connectivity index (χ1v) is 6.60. The van der Waals surface area contributed by atoms with Gasteiger partial charge in [-0.05, 0) is 26.3 Å². The topological polar surface area (TPSA) is 32.3 Å². The minimum Gasteiger partial charge on any atom is -0.339 e. The summed E-state index contributed by atoms with van der Waals surface area (Å²) >= 11 is 0. The zero-order valence-electron chi connectivity index (χ0n) is 11.4. The third-order valence-electron chi connectivity index (χ3n) is 3.69. The van der Waals surface area contributed by atoms with Gasteiger partial charge in [-0.15, -0.1) is 0 Å².